The summed E-state index contributed by atoms with van der Waals surface area (Å²) in [5.74, 6) is -0.220. The first-order valence-electron chi connectivity index (χ1n) is 11.8. The highest BCUT2D eigenvalue weighted by atomic mass is 35.5. The largest absolute Gasteiger partial charge is 0.444 e. The molecule has 0 unspecified atom stereocenters. The molecule has 0 heterocycles. The second-order valence-electron chi connectivity index (χ2n) is 9.77. The van der Waals surface area contributed by atoms with Crippen LogP contribution in [0.4, 0.5) is 4.79 Å². The van der Waals surface area contributed by atoms with E-state index in [1.807, 2.05) is 42.5 Å². The van der Waals surface area contributed by atoms with E-state index < -0.39 is 17.7 Å². The fourth-order valence-electron chi connectivity index (χ4n) is 3.95. The van der Waals surface area contributed by atoms with E-state index in [1.54, 1.807) is 50.9 Å². The van der Waals surface area contributed by atoms with Crippen molar-refractivity contribution in [2.45, 2.75) is 45.4 Å². The number of amides is 2. The SMILES string of the molecule is C=CCN(C(=O)OC(C)(C)C)[C@@H](Cc1ccc2ccccc2c1)C(=O)N(C)Cc1ccc(Cl)c(Cl)c1. The Morgan fingerprint density at radius 1 is 0.972 bits per heavy atom. The van der Waals surface area contributed by atoms with Gasteiger partial charge in [-0.15, -0.1) is 6.58 Å². The molecule has 0 fully saturated rings. The summed E-state index contributed by atoms with van der Waals surface area (Å²) >= 11 is 12.2. The standard InChI is InChI=1S/C29H32Cl2N2O3/c1-6-15-33(28(35)36-29(2,3)4)26(18-20-11-13-22-9-7-8-10-23(22)16-20)27(34)32(5)19-21-12-14-24(30)25(31)17-21/h6-14,16-17,26H,1,15,18-19H2,2-5H3/t26-/m0/s1. The molecule has 36 heavy (non-hydrogen) atoms. The van der Waals surface area contributed by atoms with Crippen molar-refractivity contribution in [3.05, 3.63) is 94.5 Å². The number of carbonyl (C=O) groups excluding carboxylic acids is 2. The lowest BCUT2D eigenvalue weighted by molar-refractivity contribution is -0.136. The third kappa shape index (κ3) is 7.25. The highest BCUT2D eigenvalue weighted by molar-refractivity contribution is 6.42. The van der Waals surface area contributed by atoms with Gasteiger partial charge < -0.3 is 9.64 Å². The van der Waals surface area contributed by atoms with Crippen molar-refractivity contribution in [2.75, 3.05) is 13.6 Å². The van der Waals surface area contributed by atoms with Crippen LogP contribution in [0.5, 0.6) is 0 Å². The summed E-state index contributed by atoms with van der Waals surface area (Å²) in [5, 5.41) is 3.05. The molecule has 0 saturated heterocycles. The Bertz CT molecular complexity index is 1250. The van der Waals surface area contributed by atoms with E-state index in [9.17, 15) is 9.59 Å². The molecule has 0 saturated carbocycles. The van der Waals surface area contributed by atoms with Crippen LogP contribution in [-0.2, 0) is 22.5 Å². The van der Waals surface area contributed by atoms with Crippen molar-refractivity contribution in [1.82, 2.24) is 9.80 Å². The van der Waals surface area contributed by atoms with Gasteiger partial charge in [0.25, 0.3) is 0 Å². The lowest BCUT2D eigenvalue weighted by Crippen LogP contribution is -2.52. The maximum Gasteiger partial charge on any atom is 0.411 e. The molecule has 5 nitrogen and oxygen atoms in total. The molecule has 190 valence electrons. The zero-order valence-electron chi connectivity index (χ0n) is 21.1. The van der Waals surface area contributed by atoms with E-state index in [0.29, 0.717) is 23.0 Å². The van der Waals surface area contributed by atoms with E-state index >= 15 is 0 Å². The van der Waals surface area contributed by atoms with Crippen molar-refractivity contribution in [3.63, 3.8) is 0 Å². The predicted molar refractivity (Wildman–Crippen MR) is 148 cm³/mol. The second-order valence-corrected chi connectivity index (χ2v) is 10.6. The lowest BCUT2D eigenvalue weighted by Gasteiger charge is -2.34. The highest BCUT2D eigenvalue weighted by Gasteiger charge is 2.34. The summed E-state index contributed by atoms with van der Waals surface area (Å²) < 4.78 is 5.65. The van der Waals surface area contributed by atoms with Crippen molar-refractivity contribution < 1.29 is 14.3 Å². The molecule has 0 aliphatic heterocycles. The first kappa shape index (κ1) is 27.6. The maximum atomic E-state index is 13.8. The number of fused-ring (bicyclic) bond motifs is 1. The zero-order valence-corrected chi connectivity index (χ0v) is 22.6. The number of hydrogen-bond donors (Lipinski definition) is 0. The Hall–Kier alpha value is -3.02. The monoisotopic (exact) mass is 526 g/mol. The van der Waals surface area contributed by atoms with Crippen molar-refractivity contribution in [1.29, 1.82) is 0 Å². The van der Waals surface area contributed by atoms with Crippen molar-refractivity contribution in [3.8, 4) is 0 Å². The van der Waals surface area contributed by atoms with Gasteiger partial charge >= 0.3 is 6.09 Å². The average molecular weight is 527 g/mol. The Balaban J connectivity index is 1.95. The van der Waals surface area contributed by atoms with Crippen LogP contribution in [0.1, 0.15) is 31.9 Å². The van der Waals surface area contributed by atoms with E-state index in [1.165, 1.54) is 4.90 Å². The van der Waals surface area contributed by atoms with Crippen LogP contribution in [0, 0.1) is 0 Å². The molecule has 0 bridgehead atoms. The van der Waals surface area contributed by atoms with Crippen molar-refractivity contribution >= 4 is 46.0 Å². The first-order chi connectivity index (χ1) is 17.0. The number of nitrogens with zero attached hydrogens (tertiary/aromatic N) is 2. The van der Waals surface area contributed by atoms with Gasteiger partial charge in [0, 0.05) is 26.6 Å². The molecule has 1 atom stereocenters. The number of halogens is 2. The Kier molecular flexibility index (Phi) is 9.04. The smallest absolute Gasteiger partial charge is 0.411 e. The molecule has 0 spiro atoms. The van der Waals surface area contributed by atoms with Gasteiger partial charge in [0.05, 0.1) is 10.0 Å². The van der Waals surface area contributed by atoms with Gasteiger partial charge in [-0.3, -0.25) is 9.69 Å². The molecule has 3 aromatic rings. The van der Waals surface area contributed by atoms with Gasteiger partial charge in [0.1, 0.15) is 11.6 Å². The summed E-state index contributed by atoms with van der Waals surface area (Å²) in [6, 6.07) is 18.6. The number of ether oxygens (including phenoxy) is 1. The predicted octanol–water partition coefficient (Wildman–Crippen LogP) is 7.14. The molecule has 3 aromatic carbocycles. The third-order valence-electron chi connectivity index (χ3n) is 5.64. The Morgan fingerprint density at radius 3 is 2.28 bits per heavy atom. The summed E-state index contributed by atoms with van der Waals surface area (Å²) in [5.41, 5.74) is 1.06. The molecule has 2 amide bonds. The fourth-order valence-corrected chi connectivity index (χ4v) is 4.27. The van der Waals surface area contributed by atoms with Gasteiger partial charge in [0.15, 0.2) is 0 Å². The molecule has 0 aromatic heterocycles. The topological polar surface area (TPSA) is 49.9 Å². The highest BCUT2D eigenvalue weighted by Crippen LogP contribution is 2.24. The van der Waals surface area contributed by atoms with Crippen LogP contribution in [0.2, 0.25) is 10.0 Å². The fraction of sp³-hybridized carbons (Fsp3) is 0.310. The van der Waals surface area contributed by atoms with Crippen LogP contribution in [0.25, 0.3) is 10.8 Å². The number of benzene rings is 3. The molecular formula is C29H32Cl2N2O3. The van der Waals surface area contributed by atoms with Crippen molar-refractivity contribution in [2.24, 2.45) is 0 Å². The Labute approximate surface area is 223 Å². The van der Waals surface area contributed by atoms with E-state index in [-0.39, 0.29) is 12.5 Å². The minimum absolute atomic E-state index is 0.166. The number of hydrogen-bond acceptors (Lipinski definition) is 3. The van der Waals surface area contributed by atoms with E-state index in [4.69, 9.17) is 27.9 Å². The number of carbonyl (C=O) groups is 2. The molecule has 3 rings (SSSR count). The summed E-state index contributed by atoms with van der Waals surface area (Å²) in [7, 11) is 1.71. The molecule has 0 aliphatic rings. The lowest BCUT2D eigenvalue weighted by atomic mass is 9.99. The molecule has 0 N–H and O–H groups in total. The molecule has 7 heteroatoms. The number of likely N-dealkylation sites (N-methyl/N-ethyl adjacent to an activating group) is 1. The molecule has 0 aliphatic carbocycles. The molecular weight excluding hydrogens is 495 g/mol. The first-order valence-corrected chi connectivity index (χ1v) is 12.5. The quantitative estimate of drug-likeness (QED) is 0.293. The van der Waals surface area contributed by atoms with Crippen LogP contribution in [0.15, 0.2) is 73.3 Å². The average Bonchev–Trinajstić information content (AvgIpc) is 2.82. The Morgan fingerprint density at radius 2 is 1.64 bits per heavy atom. The van der Waals surface area contributed by atoms with Gasteiger partial charge in [-0.25, -0.2) is 4.79 Å². The summed E-state index contributed by atoms with van der Waals surface area (Å²) in [4.78, 5) is 30.1. The van der Waals surface area contributed by atoms with Crippen LogP contribution < -0.4 is 0 Å². The maximum absolute atomic E-state index is 13.8. The second kappa shape index (κ2) is 11.8. The van der Waals surface area contributed by atoms with Gasteiger partial charge in [0.2, 0.25) is 5.91 Å². The number of rotatable bonds is 8. The van der Waals surface area contributed by atoms with Crippen LogP contribution >= 0.6 is 23.2 Å². The van der Waals surface area contributed by atoms with Gasteiger partial charge in [-0.1, -0.05) is 77.8 Å². The minimum Gasteiger partial charge on any atom is -0.444 e. The molecule has 0 radical (unpaired) electrons. The van der Waals surface area contributed by atoms with Gasteiger partial charge in [-0.2, -0.15) is 0 Å². The minimum atomic E-state index is -0.799. The van der Waals surface area contributed by atoms with Crippen LogP contribution in [-0.4, -0.2) is 47.0 Å². The van der Waals surface area contributed by atoms with E-state index in [2.05, 4.69) is 12.6 Å². The summed E-state index contributed by atoms with van der Waals surface area (Å²) in [6.07, 6.45) is 1.36. The van der Waals surface area contributed by atoms with Crippen LogP contribution in [0.3, 0.4) is 0 Å². The van der Waals surface area contributed by atoms with Gasteiger partial charge in [-0.05, 0) is 54.8 Å². The third-order valence-corrected chi connectivity index (χ3v) is 6.38. The zero-order chi connectivity index (χ0) is 26.5. The normalized spacial score (nSPS) is 12.2. The van der Waals surface area contributed by atoms with E-state index in [0.717, 1.165) is 21.9 Å². The summed E-state index contributed by atoms with van der Waals surface area (Å²) in [6.45, 7) is 9.67.